The Morgan fingerprint density at radius 3 is 0.740 bits per heavy atom. The van der Waals surface area contributed by atoms with E-state index in [0.29, 0.717) is 25.7 Å². The average Bonchev–Trinajstić information content (AvgIpc) is 3.62. The van der Waals surface area contributed by atoms with E-state index in [1.807, 2.05) is 0 Å². The highest BCUT2D eigenvalue weighted by Gasteiger charge is 2.30. The molecule has 0 heterocycles. The molecule has 6 atom stereocenters. The summed E-state index contributed by atoms with van der Waals surface area (Å²) in [6.07, 6.45) is 59.4. The van der Waals surface area contributed by atoms with E-state index in [1.54, 1.807) is 0 Å². The highest BCUT2D eigenvalue weighted by molar-refractivity contribution is 7.47. The number of phosphoric acid groups is 2. The van der Waals surface area contributed by atoms with Crippen molar-refractivity contribution < 1.29 is 80.2 Å². The molecule has 0 saturated carbocycles. The predicted octanol–water partition coefficient (Wildman–Crippen LogP) is 22.9. The number of rotatable bonds is 77. The second kappa shape index (κ2) is 70.1. The molecule has 0 amide bonds. The Hall–Kier alpha value is -1.94. The molecule has 0 radical (unpaired) electrons. The Kier molecular flexibility index (Phi) is 68.7. The van der Waals surface area contributed by atoms with Gasteiger partial charge in [0.2, 0.25) is 0 Å². The number of hydrogen-bond acceptors (Lipinski definition) is 15. The maximum atomic E-state index is 13.1. The van der Waals surface area contributed by atoms with Gasteiger partial charge in [-0.05, 0) is 31.6 Å². The number of unbranched alkanes of at least 4 members (excludes halogenated alkanes) is 48. The van der Waals surface area contributed by atoms with E-state index in [4.69, 9.17) is 37.0 Å². The van der Waals surface area contributed by atoms with E-state index in [-0.39, 0.29) is 25.7 Å². The molecule has 0 aromatic carbocycles. The zero-order valence-corrected chi connectivity index (χ0v) is 64.3. The van der Waals surface area contributed by atoms with Gasteiger partial charge in [0.25, 0.3) is 0 Å². The number of hydrogen-bond donors (Lipinski definition) is 3. The molecule has 0 fully saturated rings. The first kappa shape index (κ1) is 94.1. The highest BCUT2D eigenvalue weighted by Crippen LogP contribution is 2.45. The van der Waals surface area contributed by atoms with Gasteiger partial charge in [-0.2, -0.15) is 0 Å². The molecule has 0 aromatic heterocycles. The van der Waals surface area contributed by atoms with Gasteiger partial charge in [0, 0.05) is 25.7 Å². The third kappa shape index (κ3) is 69.2. The Morgan fingerprint density at radius 2 is 0.500 bits per heavy atom. The maximum Gasteiger partial charge on any atom is 0.472 e. The fourth-order valence-electron chi connectivity index (χ4n) is 11.8. The monoisotopic (exact) mass is 1410 g/mol. The van der Waals surface area contributed by atoms with Crippen LogP contribution in [0, 0.1) is 5.92 Å². The van der Waals surface area contributed by atoms with Crippen LogP contribution in [0.15, 0.2) is 0 Å². The number of esters is 4. The smallest absolute Gasteiger partial charge is 0.462 e. The van der Waals surface area contributed by atoms with Gasteiger partial charge in [-0.25, -0.2) is 9.13 Å². The average molecular weight is 1410 g/mol. The van der Waals surface area contributed by atoms with Gasteiger partial charge in [-0.1, -0.05) is 356 Å². The standard InChI is InChI=1S/C77H150O17P2/c1-6-10-13-16-19-22-25-27-28-29-30-31-33-36-43-48-53-58-63-77(82)94-73(67-88-75(80)61-56-51-46-41-38-37-39-44-49-54-59-70(5)9-4)69-92-96(85,86)90-65-71(78)64-89-95(83,84)91-68-72(66-87-74(79)60-55-50-45-40-34-24-21-18-15-12-8-3)93-76(81)62-57-52-47-42-35-32-26-23-20-17-14-11-7-2/h70-73,78H,6-69H2,1-5H3,(H,83,84)(H,85,86)/t70?,71-,72+,73+/m0/s1. The summed E-state index contributed by atoms with van der Waals surface area (Å²) in [4.78, 5) is 72.9. The van der Waals surface area contributed by atoms with Crippen LogP contribution in [0.2, 0.25) is 0 Å². The lowest BCUT2D eigenvalue weighted by Crippen LogP contribution is -2.30. The number of ether oxygens (including phenoxy) is 4. The summed E-state index contributed by atoms with van der Waals surface area (Å²) in [5.74, 6) is -1.30. The topological polar surface area (TPSA) is 237 Å². The van der Waals surface area contributed by atoms with Gasteiger partial charge in [-0.15, -0.1) is 0 Å². The first-order valence-electron chi connectivity index (χ1n) is 40.2. The number of phosphoric ester groups is 2. The van der Waals surface area contributed by atoms with Crippen molar-refractivity contribution in [1.29, 1.82) is 0 Å². The molecule has 19 heteroatoms. The third-order valence-electron chi connectivity index (χ3n) is 18.4. The van der Waals surface area contributed by atoms with E-state index in [9.17, 15) is 43.2 Å². The minimum Gasteiger partial charge on any atom is -0.462 e. The number of carbonyl (C=O) groups excluding carboxylic acids is 4. The molecule has 3 unspecified atom stereocenters. The predicted molar refractivity (Wildman–Crippen MR) is 391 cm³/mol. The summed E-state index contributed by atoms with van der Waals surface area (Å²) < 4.78 is 68.6. The Morgan fingerprint density at radius 1 is 0.292 bits per heavy atom. The molecule has 0 aromatic rings. The molecule has 17 nitrogen and oxygen atoms in total. The van der Waals surface area contributed by atoms with Crippen LogP contribution in [0.5, 0.6) is 0 Å². The van der Waals surface area contributed by atoms with Crippen LogP contribution in [0.25, 0.3) is 0 Å². The van der Waals surface area contributed by atoms with Crippen LogP contribution >= 0.6 is 15.6 Å². The number of aliphatic hydroxyl groups is 1. The SMILES string of the molecule is CCCCCCCCCCCCCCCCCCCCC(=O)O[C@H](COC(=O)CCCCCCCCCCCCC(C)CC)COP(=O)(O)OC[C@@H](O)COP(=O)(O)OC[C@@H](COC(=O)CCCCCCCCCCCCC)OC(=O)CCCCCCCCCCCCCCC. The van der Waals surface area contributed by atoms with Crippen molar-refractivity contribution in [1.82, 2.24) is 0 Å². The van der Waals surface area contributed by atoms with Gasteiger partial charge < -0.3 is 33.8 Å². The fourth-order valence-corrected chi connectivity index (χ4v) is 13.4. The molecule has 0 aliphatic heterocycles. The van der Waals surface area contributed by atoms with E-state index in [2.05, 4.69) is 34.6 Å². The maximum absolute atomic E-state index is 13.1. The van der Waals surface area contributed by atoms with Crippen LogP contribution in [0.3, 0.4) is 0 Å². The van der Waals surface area contributed by atoms with Crippen molar-refractivity contribution in [2.24, 2.45) is 5.92 Å². The summed E-state index contributed by atoms with van der Waals surface area (Å²) in [5.41, 5.74) is 0. The van der Waals surface area contributed by atoms with E-state index < -0.39 is 97.5 Å². The normalized spacial score (nSPS) is 14.2. The van der Waals surface area contributed by atoms with Gasteiger partial charge >= 0.3 is 39.5 Å². The van der Waals surface area contributed by atoms with Crippen LogP contribution in [0.4, 0.5) is 0 Å². The Labute approximate surface area is 588 Å². The summed E-state index contributed by atoms with van der Waals surface area (Å²) >= 11 is 0. The minimum absolute atomic E-state index is 0.108. The van der Waals surface area contributed by atoms with Crippen LogP contribution in [-0.2, 0) is 65.4 Å². The van der Waals surface area contributed by atoms with Gasteiger partial charge in [-0.3, -0.25) is 37.3 Å². The molecule has 3 N–H and O–H groups in total. The third-order valence-corrected chi connectivity index (χ3v) is 20.3. The second-order valence-electron chi connectivity index (χ2n) is 28.0. The van der Waals surface area contributed by atoms with Crippen molar-refractivity contribution in [3.05, 3.63) is 0 Å². The van der Waals surface area contributed by atoms with Crippen molar-refractivity contribution >= 4 is 39.5 Å². The highest BCUT2D eigenvalue weighted by atomic mass is 31.2. The molecule has 570 valence electrons. The van der Waals surface area contributed by atoms with E-state index >= 15 is 0 Å². The molecular weight excluding hydrogens is 1260 g/mol. The molecule has 0 saturated heterocycles. The summed E-state index contributed by atoms with van der Waals surface area (Å²) in [6, 6.07) is 0. The number of aliphatic hydroxyl groups excluding tert-OH is 1. The molecule has 0 aliphatic rings. The lowest BCUT2D eigenvalue weighted by atomic mass is 9.99. The zero-order chi connectivity index (χ0) is 70.5. The van der Waals surface area contributed by atoms with E-state index in [1.165, 1.54) is 231 Å². The first-order chi connectivity index (χ1) is 46.6. The lowest BCUT2D eigenvalue weighted by molar-refractivity contribution is -0.161. The molecule has 0 bridgehead atoms. The van der Waals surface area contributed by atoms with Crippen LogP contribution in [-0.4, -0.2) is 96.7 Å². The molecule has 0 spiro atoms. The van der Waals surface area contributed by atoms with Crippen molar-refractivity contribution in [3.8, 4) is 0 Å². The largest absolute Gasteiger partial charge is 0.472 e. The molecular formula is C77H150O17P2. The second-order valence-corrected chi connectivity index (χ2v) is 30.9. The molecule has 0 rings (SSSR count). The van der Waals surface area contributed by atoms with Gasteiger partial charge in [0.15, 0.2) is 12.2 Å². The van der Waals surface area contributed by atoms with Crippen molar-refractivity contribution in [3.63, 3.8) is 0 Å². The summed E-state index contributed by atoms with van der Waals surface area (Å²) in [5, 5.41) is 10.6. The number of carbonyl (C=O) groups is 4. The van der Waals surface area contributed by atoms with Crippen molar-refractivity contribution in [2.75, 3.05) is 39.6 Å². The summed E-state index contributed by atoms with van der Waals surface area (Å²) in [6.45, 7) is 7.33. The van der Waals surface area contributed by atoms with Gasteiger partial charge in [0.05, 0.1) is 26.4 Å². The van der Waals surface area contributed by atoms with Crippen molar-refractivity contribution in [2.45, 2.75) is 425 Å². The van der Waals surface area contributed by atoms with Crippen LogP contribution < -0.4 is 0 Å². The summed E-state index contributed by atoms with van der Waals surface area (Å²) in [7, 11) is -9.91. The molecule has 0 aliphatic carbocycles. The lowest BCUT2D eigenvalue weighted by Gasteiger charge is -2.21. The fraction of sp³-hybridized carbons (Fsp3) is 0.948. The van der Waals surface area contributed by atoms with E-state index in [0.717, 1.165) is 95.8 Å². The molecule has 96 heavy (non-hydrogen) atoms. The quantitative estimate of drug-likeness (QED) is 0.0222. The van der Waals surface area contributed by atoms with Crippen LogP contribution in [0.1, 0.15) is 407 Å². The first-order valence-corrected chi connectivity index (χ1v) is 43.2. The zero-order valence-electron chi connectivity index (χ0n) is 62.5. The minimum atomic E-state index is -4.96. The Balaban J connectivity index is 5.25. The van der Waals surface area contributed by atoms with Gasteiger partial charge in [0.1, 0.15) is 19.3 Å². The Bertz CT molecular complexity index is 1840.